The highest BCUT2D eigenvalue weighted by Crippen LogP contribution is 2.44. The summed E-state index contributed by atoms with van der Waals surface area (Å²) < 4.78 is 37.5. The van der Waals surface area contributed by atoms with Crippen molar-refractivity contribution in [3.63, 3.8) is 0 Å². The normalized spacial score (nSPS) is 17.6. The van der Waals surface area contributed by atoms with Crippen LogP contribution in [0.1, 0.15) is 49.9 Å². The maximum atomic E-state index is 10.7. The van der Waals surface area contributed by atoms with Crippen molar-refractivity contribution >= 4 is 63.7 Å². The number of hydrogen-bond acceptors (Lipinski definition) is 7. The molecular formula is C39H40Br4O7. The molecule has 3 unspecified atom stereocenters. The molecule has 11 heteroatoms. The molecule has 0 radical (unpaired) electrons. The first-order chi connectivity index (χ1) is 23.8. The minimum Gasteiger partial charge on any atom is -0.491 e. The van der Waals surface area contributed by atoms with Crippen molar-refractivity contribution < 1.29 is 33.5 Å². The number of aliphatic hydroxyl groups excluding tert-OH is 1. The molecular weight excluding hydrogens is 900 g/mol. The molecule has 3 atom stereocenters. The Morgan fingerprint density at radius 2 is 0.940 bits per heavy atom. The first-order valence-electron chi connectivity index (χ1n) is 16.4. The fraction of sp³-hybridized carbons (Fsp3) is 0.385. The van der Waals surface area contributed by atoms with E-state index in [0.717, 1.165) is 59.3 Å². The van der Waals surface area contributed by atoms with Gasteiger partial charge >= 0.3 is 0 Å². The van der Waals surface area contributed by atoms with Gasteiger partial charge in [-0.2, -0.15) is 0 Å². The molecule has 6 rings (SSSR count). The molecule has 0 saturated carbocycles. The first kappa shape index (κ1) is 37.6. The zero-order chi connectivity index (χ0) is 35.6. The van der Waals surface area contributed by atoms with E-state index in [4.69, 9.17) is 28.4 Å². The van der Waals surface area contributed by atoms with Crippen molar-refractivity contribution in [2.45, 2.75) is 56.8 Å². The van der Waals surface area contributed by atoms with Gasteiger partial charge in [0.15, 0.2) is 0 Å². The molecule has 1 N–H and O–H groups in total. The summed E-state index contributed by atoms with van der Waals surface area (Å²) in [4.78, 5) is 0. The van der Waals surface area contributed by atoms with E-state index in [-0.39, 0.29) is 36.3 Å². The van der Waals surface area contributed by atoms with Crippen LogP contribution in [0.5, 0.6) is 23.0 Å². The molecule has 2 saturated heterocycles. The van der Waals surface area contributed by atoms with Gasteiger partial charge < -0.3 is 33.5 Å². The van der Waals surface area contributed by atoms with E-state index < -0.39 is 6.10 Å². The van der Waals surface area contributed by atoms with Gasteiger partial charge in [0.2, 0.25) is 0 Å². The van der Waals surface area contributed by atoms with Crippen molar-refractivity contribution in [2.24, 2.45) is 0 Å². The molecule has 2 aliphatic heterocycles. The summed E-state index contributed by atoms with van der Waals surface area (Å²) in [6, 6.07) is 24.5. The van der Waals surface area contributed by atoms with Crippen LogP contribution in [-0.2, 0) is 20.3 Å². The van der Waals surface area contributed by atoms with E-state index in [0.29, 0.717) is 24.7 Å². The maximum absolute atomic E-state index is 10.7. The molecule has 0 amide bonds. The van der Waals surface area contributed by atoms with E-state index >= 15 is 0 Å². The van der Waals surface area contributed by atoms with Crippen molar-refractivity contribution in [1.29, 1.82) is 0 Å². The standard InChI is InChI=1S/C39H40Br4O7/c1-38(2,24-7-11-29(12-8-24)46-19-30-20-47-30)23-5-9-28(10-6-23)45-17-27(44)18-49-36-32(40)13-25(14-33(36)41)39(3,4)26-15-34(42)37(35(43)16-26)50-22-31-21-48-31/h5-16,27,30-31,44H,17-22H2,1-4H3. The fourth-order valence-electron chi connectivity index (χ4n) is 5.50. The second kappa shape index (κ2) is 15.9. The van der Waals surface area contributed by atoms with E-state index in [1.165, 1.54) is 5.56 Å². The SMILES string of the molecule is CC(C)(c1ccc(OCC(O)COc2c(Br)cc(C(C)(C)c3cc(Br)c(OCC4CO4)c(Br)c3)cc2Br)cc1)c1ccc(OCC2CO2)cc1. The molecule has 0 spiro atoms. The third-order valence-corrected chi connectivity index (χ3v) is 11.5. The molecule has 4 aromatic carbocycles. The van der Waals surface area contributed by atoms with Crippen molar-refractivity contribution in [3.8, 4) is 23.0 Å². The number of epoxide rings is 2. The number of hydrogen-bond donors (Lipinski definition) is 1. The van der Waals surface area contributed by atoms with Crippen LogP contribution >= 0.6 is 63.7 Å². The van der Waals surface area contributed by atoms with Crippen molar-refractivity contribution in [3.05, 3.63) is 113 Å². The Morgan fingerprint density at radius 3 is 1.38 bits per heavy atom. The highest BCUT2D eigenvalue weighted by molar-refractivity contribution is 9.11. The van der Waals surface area contributed by atoms with E-state index in [2.05, 4.69) is 140 Å². The molecule has 2 heterocycles. The number of halogens is 4. The summed E-state index contributed by atoms with van der Waals surface area (Å²) in [7, 11) is 0. The van der Waals surface area contributed by atoms with Crippen LogP contribution in [0, 0.1) is 0 Å². The Morgan fingerprint density at radius 1 is 0.580 bits per heavy atom. The zero-order valence-electron chi connectivity index (χ0n) is 28.3. The summed E-state index contributed by atoms with van der Waals surface area (Å²) in [6.45, 7) is 11.5. The van der Waals surface area contributed by atoms with Gasteiger partial charge in [-0.25, -0.2) is 0 Å². The monoisotopic (exact) mass is 936 g/mol. The molecule has 2 fully saturated rings. The molecule has 50 heavy (non-hydrogen) atoms. The van der Waals surface area contributed by atoms with Gasteiger partial charge in [0.05, 0.1) is 31.1 Å². The summed E-state index contributed by atoms with van der Waals surface area (Å²) in [5, 5.41) is 10.7. The molecule has 4 aromatic rings. The summed E-state index contributed by atoms with van der Waals surface area (Å²) in [5.74, 6) is 2.90. The molecule has 0 aromatic heterocycles. The van der Waals surface area contributed by atoms with Crippen LogP contribution in [-0.4, -0.2) is 63.1 Å². The van der Waals surface area contributed by atoms with Crippen LogP contribution in [0.25, 0.3) is 0 Å². The molecule has 0 aliphatic carbocycles. The van der Waals surface area contributed by atoms with E-state index in [1.54, 1.807) is 0 Å². The third-order valence-electron chi connectivity index (χ3n) is 9.11. The smallest absolute Gasteiger partial charge is 0.147 e. The van der Waals surface area contributed by atoms with Gasteiger partial charge in [0, 0.05) is 10.8 Å². The molecule has 0 bridgehead atoms. The van der Waals surface area contributed by atoms with Gasteiger partial charge in [-0.3, -0.25) is 0 Å². The first-order valence-corrected chi connectivity index (χ1v) is 19.6. The highest BCUT2D eigenvalue weighted by atomic mass is 79.9. The second-order valence-electron chi connectivity index (χ2n) is 13.6. The quantitative estimate of drug-likeness (QED) is 0.112. The van der Waals surface area contributed by atoms with E-state index in [9.17, 15) is 5.11 Å². The lowest BCUT2D eigenvalue weighted by Crippen LogP contribution is -2.25. The van der Waals surface area contributed by atoms with Gasteiger partial charge in [-0.05, 0) is 135 Å². The third kappa shape index (κ3) is 9.26. The molecule has 2 aliphatic rings. The highest BCUT2D eigenvalue weighted by Gasteiger charge is 2.29. The van der Waals surface area contributed by atoms with Gasteiger partial charge in [-0.1, -0.05) is 52.0 Å². The Bertz CT molecular complexity index is 1740. The van der Waals surface area contributed by atoms with Crippen LogP contribution in [0.4, 0.5) is 0 Å². The lowest BCUT2D eigenvalue weighted by molar-refractivity contribution is 0.0621. The minimum atomic E-state index is -0.838. The summed E-state index contributed by atoms with van der Waals surface area (Å²) >= 11 is 14.8. The summed E-state index contributed by atoms with van der Waals surface area (Å²) in [6.07, 6.45) is -0.430. The summed E-state index contributed by atoms with van der Waals surface area (Å²) in [5.41, 5.74) is 3.94. The lowest BCUT2D eigenvalue weighted by Gasteiger charge is -2.28. The number of ether oxygens (including phenoxy) is 6. The number of rotatable bonds is 16. The number of benzene rings is 4. The Balaban J connectivity index is 1.02. The average molecular weight is 940 g/mol. The Kier molecular flexibility index (Phi) is 11.9. The lowest BCUT2D eigenvalue weighted by atomic mass is 9.78. The van der Waals surface area contributed by atoms with Crippen LogP contribution < -0.4 is 18.9 Å². The number of aliphatic hydroxyl groups is 1. The topological polar surface area (TPSA) is 82.2 Å². The van der Waals surface area contributed by atoms with Crippen LogP contribution in [0.3, 0.4) is 0 Å². The van der Waals surface area contributed by atoms with E-state index in [1.807, 2.05) is 24.3 Å². The van der Waals surface area contributed by atoms with Crippen LogP contribution in [0.2, 0.25) is 0 Å². The van der Waals surface area contributed by atoms with Gasteiger partial charge in [-0.15, -0.1) is 0 Å². The maximum Gasteiger partial charge on any atom is 0.147 e. The molecule has 266 valence electrons. The molecule has 7 nitrogen and oxygen atoms in total. The van der Waals surface area contributed by atoms with Crippen molar-refractivity contribution in [2.75, 3.05) is 39.6 Å². The predicted molar refractivity (Wildman–Crippen MR) is 208 cm³/mol. The second-order valence-corrected chi connectivity index (χ2v) is 17.1. The predicted octanol–water partition coefficient (Wildman–Crippen LogP) is 9.76. The fourth-order valence-corrected chi connectivity index (χ4v) is 8.33. The van der Waals surface area contributed by atoms with Gasteiger partial charge in [0.25, 0.3) is 0 Å². The average Bonchev–Trinajstić information content (AvgIpc) is 4.02. The Labute approximate surface area is 327 Å². The largest absolute Gasteiger partial charge is 0.491 e. The van der Waals surface area contributed by atoms with Crippen LogP contribution in [0.15, 0.2) is 90.7 Å². The zero-order valence-corrected chi connectivity index (χ0v) is 34.7. The Hall–Kier alpha value is -2.12. The van der Waals surface area contributed by atoms with Crippen molar-refractivity contribution in [1.82, 2.24) is 0 Å². The minimum absolute atomic E-state index is 0.0612. The van der Waals surface area contributed by atoms with Gasteiger partial charge in [0.1, 0.15) is 67.7 Å².